The van der Waals surface area contributed by atoms with Crippen molar-refractivity contribution in [2.75, 3.05) is 73.4 Å². The Morgan fingerprint density at radius 3 is 1.94 bits per heavy atom. The van der Waals surface area contributed by atoms with Crippen molar-refractivity contribution < 1.29 is 63.4 Å². The van der Waals surface area contributed by atoms with E-state index in [0.717, 1.165) is 63.2 Å². The molecule has 68 heavy (non-hydrogen) atoms. The molecular weight excluding hydrogens is 911 g/mol. The van der Waals surface area contributed by atoms with Crippen molar-refractivity contribution in [1.29, 1.82) is 0 Å². The first-order valence-electron chi connectivity index (χ1n) is 22.6. The van der Waals surface area contributed by atoms with E-state index < -0.39 is 48.8 Å². The van der Waals surface area contributed by atoms with E-state index in [9.17, 15) is 40.3 Å². The third-order valence-electron chi connectivity index (χ3n) is 12.5. The average molecular weight is 975 g/mol. The van der Waals surface area contributed by atoms with Crippen LogP contribution in [0.5, 0.6) is 5.75 Å². The second-order valence-electron chi connectivity index (χ2n) is 20.7. The molecule has 1 fully saturated rings. The highest BCUT2D eigenvalue weighted by Crippen LogP contribution is 2.49. The average Bonchev–Trinajstić information content (AvgIpc) is 3.74. The molecule has 366 valence electrons. The maximum atomic E-state index is 12.5. The second-order valence-corrected chi connectivity index (χ2v) is 23.4. The van der Waals surface area contributed by atoms with Crippen LogP contribution in [0.4, 0.5) is 11.4 Å². The Bertz CT molecular complexity index is 2820. The lowest BCUT2D eigenvalue weighted by molar-refractivity contribution is -0.871. The minimum Gasteiger partial charge on any atom is -0.744 e. The van der Waals surface area contributed by atoms with Gasteiger partial charge in [0, 0.05) is 60.3 Å². The molecule has 0 N–H and O–H groups in total. The fourth-order valence-electron chi connectivity index (χ4n) is 8.87. The summed E-state index contributed by atoms with van der Waals surface area (Å²) >= 11 is 0. The number of carbonyl (C=O) groups is 3. The van der Waals surface area contributed by atoms with Crippen LogP contribution >= 0.6 is 0 Å². The van der Waals surface area contributed by atoms with Crippen molar-refractivity contribution in [2.45, 2.75) is 86.8 Å². The van der Waals surface area contributed by atoms with Gasteiger partial charge in [-0.15, -0.1) is 5.06 Å². The van der Waals surface area contributed by atoms with Crippen LogP contribution in [-0.2, 0) is 56.7 Å². The van der Waals surface area contributed by atoms with Crippen LogP contribution in [0.3, 0.4) is 0 Å². The topological polar surface area (TPSA) is 194 Å². The predicted molar refractivity (Wildman–Crippen MR) is 255 cm³/mol. The van der Waals surface area contributed by atoms with Crippen LogP contribution in [-0.4, -0.2) is 137 Å². The smallest absolute Gasteiger partial charge is 0.333 e. The van der Waals surface area contributed by atoms with Crippen molar-refractivity contribution in [1.82, 2.24) is 5.06 Å². The zero-order valence-electron chi connectivity index (χ0n) is 40.7. The summed E-state index contributed by atoms with van der Waals surface area (Å²) in [6.45, 7) is 10.9. The van der Waals surface area contributed by atoms with Gasteiger partial charge in [0.05, 0.1) is 83.4 Å². The van der Waals surface area contributed by atoms with Crippen LogP contribution in [0.1, 0.15) is 76.5 Å². The summed E-state index contributed by atoms with van der Waals surface area (Å²) in [5.41, 5.74) is 3.95. The number of hydrogen-bond donors (Lipinski definition) is 0. The number of fused-ring (bicyclic) bond motifs is 2. The number of hydroxylamine groups is 2. The highest BCUT2D eigenvalue weighted by molar-refractivity contribution is 7.86. The normalized spacial score (nSPS) is 18.0. The van der Waals surface area contributed by atoms with Gasteiger partial charge in [0.2, 0.25) is 5.69 Å². The Morgan fingerprint density at radius 2 is 1.35 bits per heavy atom. The van der Waals surface area contributed by atoms with Crippen molar-refractivity contribution >= 4 is 55.1 Å². The van der Waals surface area contributed by atoms with E-state index in [2.05, 4.69) is 51.8 Å². The molecule has 18 heteroatoms. The summed E-state index contributed by atoms with van der Waals surface area (Å²) in [5, 5.41) is 0.530. The zero-order valence-corrected chi connectivity index (χ0v) is 42.3. The quantitative estimate of drug-likeness (QED) is 0.0351. The third kappa shape index (κ3) is 12.2. The van der Waals surface area contributed by atoms with E-state index in [-0.39, 0.29) is 35.5 Å². The molecule has 0 atom stereocenters. The number of hydrogen-bond acceptors (Lipinski definition) is 12. The molecule has 3 aliphatic heterocycles. The maximum absolute atomic E-state index is 12.5. The zero-order chi connectivity index (χ0) is 50.2. The lowest BCUT2D eigenvalue weighted by Gasteiger charge is -2.29. The molecule has 3 aliphatic rings. The molecule has 0 aliphatic carbocycles. The van der Waals surface area contributed by atoms with Crippen molar-refractivity contribution in [3.8, 4) is 5.75 Å². The molecule has 0 unspecified atom stereocenters. The van der Waals surface area contributed by atoms with Gasteiger partial charge in [-0.25, -0.2) is 21.6 Å². The molecule has 16 nitrogen and oxygen atoms in total. The predicted octanol–water partition coefficient (Wildman–Crippen LogP) is 5.80. The highest BCUT2D eigenvalue weighted by Gasteiger charge is 2.45. The number of anilines is 1. The Labute approximate surface area is 401 Å². The fourth-order valence-corrected chi connectivity index (χ4v) is 9.86. The summed E-state index contributed by atoms with van der Waals surface area (Å²) in [5.74, 6) is -0.943. The Hall–Kier alpha value is -5.50. The Kier molecular flexibility index (Phi) is 14.9. The number of benzene rings is 3. The SMILES string of the molecule is CC1(C)C(/C=C/C(=C/C=C2/N(CCC[N+](C)(C)C)c3ccc(S(=O)(=O)[O-])cc3C2(C)C)Oc2ccc(CCC(=O)ON3C(=O)CCC3=O)cc2)=[N+](CCC[N+](C)(C)C)c2ccc(S(=O)(=O)[O-])cc21. The molecule has 0 saturated carbocycles. The Morgan fingerprint density at radius 1 is 0.779 bits per heavy atom. The minimum absolute atomic E-state index is 0.00233. The standard InChI is InChI=1S/C50H64N5O11S2/c1-49(2)40-33-38(67(59,60)61)20-22-42(40)51(29-11-31-54(5,6)7)44(49)24-18-37(65-36-16-13-35(14-17-36)15-28-48(58)66-53-46(56)26-27-47(53)57)19-25-45-50(3,4)41-34-39(68(62,63)64)21-23-43(41)52(45)30-12-32-55(8,9)10/h13-14,16-25,33-34H,11-12,15,26-32H2,1-10H3/q+1. The van der Waals surface area contributed by atoms with E-state index in [4.69, 9.17) is 9.57 Å². The summed E-state index contributed by atoms with van der Waals surface area (Å²) in [6, 6.07) is 16.1. The van der Waals surface area contributed by atoms with Gasteiger partial charge in [0.15, 0.2) is 12.3 Å². The molecular formula is C50H64N5O11S2+. The molecule has 3 aromatic carbocycles. The summed E-state index contributed by atoms with van der Waals surface area (Å²) in [7, 11) is 3.22. The molecule has 0 spiro atoms. The minimum atomic E-state index is -4.73. The van der Waals surface area contributed by atoms with Crippen LogP contribution in [0.15, 0.2) is 106 Å². The number of aryl methyl sites for hydroxylation is 1. The van der Waals surface area contributed by atoms with Crippen LogP contribution in [0.2, 0.25) is 0 Å². The van der Waals surface area contributed by atoms with Gasteiger partial charge >= 0.3 is 5.97 Å². The molecule has 0 radical (unpaired) electrons. The van der Waals surface area contributed by atoms with E-state index in [1.807, 2.05) is 52.0 Å². The van der Waals surface area contributed by atoms with Gasteiger partial charge < -0.3 is 32.5 Å². The number of rotatable bonds is 19. The van der Waals surface area contributed by atoms with E-state index in [1.54, 1.807) is 36.4 Å². The first-order chi connectivity index (χ1) is 31.5. The molecule has 3 heterocycles. The van der Waals surface area contributed by atoms with Gasteiger partial charge in [-0.05, 0) is 92.1 Å². The van der Waals surface area contributed by atoms with Crippen LogP contribution < -0.4 is 9.64 Å². The van der Waals surface area contributed by atoms with Gasteiger partial charge in [0.25, 0.3) is 11.8 Å². The van der Waals surface area contributed by atoms with Gasteiger partial charge in [-0.1, -0.05) is 26.0 Å². The number of amides is 2. The summed E-state index contributed by atoms with van der Waals surface area (Å²) in [6.07, 6.45) is 9.36. The summed E-state index contributed by atoms with van der Waals surface area (Å²) < 4.78 is 83.6. The summed E-state index contributed by atoms with van der Waals surface area (Å²) in [4.78, 5) is 43.0. The first kappa shape index (κ1) is 51.9. The third-order valence-corrected chi connectivity index (χ3v) is 14.2. The number of imide groups is 1. The molecule has 2 amide bonds. The number of ether oxygens (including phenoxy) is 1. The van der Waals surface area contributed by atoms with Crippen molar-refractivity contribution in [3.05, 3.63) is 113 Å². The van der Waals surface area contributed by atoms with E-state index in [0.29, 0.717) is 40.8 Å². The van der Waals surface area contributed by atoms with Crippen LogP contribution in [0, 0.1) is 0 Å². The molecule has 6 rings (SSSR count). The van der Waals surface area contributed by atoms with Crippen molar-refractivity contribution in [3.63, 3.8) is 0 Å². The largest absolute Gasteiger partial charge is 0.744 e. The monoisotopic (exact) mass is 974 g/mol. The molecule has 0 aromatic heterocycles. The molecule has 0 bridgehead atoms. The lowest BCUT2D eigenvalue weighted by atomic mass is 9.81. The Balaban J connectivity index is 1.41. The number of allylic oxidation sites excluding steroid dienone is 5. The number of quaternary nitrogens is 2. The fraction of sp³-hybridized carbons (Fsp3) is 0.440. The van der Waals surface area contributed by atoms with Gasteiger partial charge in [0.1, 0.15) is 31.7 Å². The highest BCUT2D eigenvalue weighted by atomic mass is 32.2. The van der Waals surface area contributed by atoms with Gasteiger partial charge in [-0.3, -0.25) is 9.59 Å². The maximum Gasteiger partial charge on any atom is 0.333 e. The van der Waals surface area contributed by atoms with Crippen LogP contribution in [0.25, 0.3) is 0 Å². The first-order valence-corrected chi connectivity index (χ1v) is 25.5. The van der Waals surface area contributed by atoms with Crippen molar-refractivity contribution in [2.24, 2.45) is 0 Å². The van der Waals surface area contributed by atoms with E-state index in [1.165, 1.54) is 24.3 Å². The number of nitrogens with zero attached hydrogens (tertiary/aromatic N) is 5. The van der Waals surface area contributed by atoms with Gasteiger partial charge in [-0.2, -0.15) is 4.58 Å². The van der Waals surface area contributed by atoms with E-state index >= 15 is 0 Å². The second kappa shape index (κ2) is 19.5. The number of carbonyl (C=O) groups excluding carboxylic acids is 3. The molecule has 1 saturated heterocycles. The lowest BCUT2D eigenvalue weighted by Crippen LogP contribution is -2.37. The molecule has 3 aromatic rings.